The van der Waals surface area contributed by atoms with Gasteiger partial charge in [0.25, 0.3) is 0 Å². The van der Waals surface area contributed by atoms with E-state index in [1.807, 2.05) is 0 Å². The van der Waals surface area contributed by atoms with Crippen molar-refractivity contribution in [3.63, 3.8) is 0 Å². The van der Waals surface area contributed by atoms with Crippen molar-refractivity contribution in [2.24, 2.45) is 0 Å². The molecule has 3 aliphatic carbocycles. The zero-order valence-corrected chi connectivity index (χ0v) is 19.7. The number of hydrogen-bond acceptors (Lipinski definition) is 6. The quantitative estimate of drug-likeness (QED) is 0.610. The molecule has 6 nitrogen and oxygen atoms in total. The van der Waals surface area contributed by atoms with Crippen LogP contribution in [-0.4, -0.2) is 58.6 Å². The Hall–Kier alpha value is -2.39. The minimum Gasteiger partial charge on any atom is -0.507 e. The molecular formula is C26H31F3N4O2. The normalized spacial score (nSPS) is 28.8. The van der Waals surface area contributed by atoms with E-state index in [1.165, 1.54) is 6.07 Å². The van der Waals surface area contributed by atoms with Crippen LogP contribution in [0.4, 0.5) is 19.0 Å². The van der Waals surface area contributed by atoms with Crippen molar-refractivity contribution in [3.8, 4) is 17.0 Å². The molecule has 2 bridgehead atoms. The van der Waals surface area contributed by atoms with Gasteiger partial charge in [-0.3, -0.25) is 4.90 Å². The van der Waals surface area contributed by atoms with E-state index >= 15 is 0 Å². The molecule has 35 heavy (non-hydrogen) atoms. The highest BCUT2D eigenvalue weighted by Gasteiger charge is 2.40. The van der Waals surface area contributed by atoms with Crippen molar-refractivity contribution in [1.29, 1.82) is 0 Å². The maximum absolute atomic E-state index is 13.1. The SMILES string of the molecule is Oc1cc(C(F)(F)F)ccc1-c1nnc(N[C@@H]2CCCN(C3CCOC3)C2)c2c1C1CCC2CC1. The van der Waals surface area contributed by atoms with Gasteiger partial charge in [-0.1, -0.05) is 0 Å². The number of anilines is 1. The predicted molar refractivity (Wildman–Crippen MR) is 126 cm³/mol. The average Bonchev–Trinajstić information content (AvgIpc) is 3.40. The monoisotopic (exact) mass is 488 g/mol. The van der Waals surface area contributed by atoms with Crippen LogP contribution in [0.25, 0.3) is 11.3 Å². The summed E-state index contributed by atoms with van der Waals surface area (Å²) < 4.78 is 45.0. The number of likely N-dealkylation sites (tertiary alicyclic amines) is 1. The number of aromatic hydroxyl groups is 1. The first-order valence-corrected chi connectivity index (χ1v) is 12.8. The molecule has 0 spiro atoms. The minimum atomic E-state index is -4.51. The maximum atomic E-state index is 13.1. The lowest BCUT2D eigenvalue weighted by Crippen LogP contribution is -2.47. The molecule has 9 heteroatoms. The van der Waals surface area contributed by atoms with Gasteiger partial charge in [0.05, 0.1) is 12.2 Å². The number of aromatic nitrogens is 2. The number of rotatable bonds is 4. The lowest BCUT2D eigenvalue weighted by molar-refractivity contribution is -0.137. The number of phenols is 1. The number of halogens is 3. The number of benzene rings is 1. The van der Waals surface area contributed by atoms with E-state index in [4.69, 9.17) is 4.74 Å². The zero-order chi connectivity index (χ0) is 24.2. The van der Waals surface area contributed by atoms with E-state index in [1.54, 1.807) is 0 Å². The number of nitrogens with one attached hydrogen (secondary N) is 1. The van der Waals surface area contributed by atoms with Crippen LogP contribution in [0.15, 0.2) is 18.2 Å². The van der Waals surface area contributed by atoms with Crippen molar-refractivity contribution >= 4 is 5.82 Å². The Morgan fingerprint density at radius 1 is 1.00 bits per heavy atom. The topological polar surface area (TPSA) is 70.5 Å². The van der Waals surface area contributed by atoms with E-state index < -0.39 is 17.5 Å². The van der Waals surface area contributed by atoms with Crippen LogP contribution in [0.5, 0.6) is 5.75 Å². The van der Waals surface area contributed by atoms with Gasteiger partial charge in [0.2, 0.25) is 0 Å². The Balaban J connectivity index is 1.33. The number of alkyl halides is 3. The van der Waals surface area contributed by atoms with Gasteiger partial charge in [-0.15, -0.1) is 10.2 Å². The number of phenolic OH excluding ortho intramolecular Hbond substituents is 1. The standard InChI is InChI=1S/C26H31F3N4O2/c27-26(28,29)17-7-8-20(21(34)12-17)24-22-15-3-5-16(6-4-15)23(22)25(32-31-24)30-18-2-1-10-33(13-18)19-9-11-35-14-19/h7-8,12,15-16,18-19,34H,1-6,9-11,13-14H2,(H,30,32)/t15?,16?,18-,19?/m1/s1. The summed E-state index contributed by atoms with van der Waals surface area (Å²) in [7, 11) is 0. The number of nitrogens with zero attached hydrogens (tertiary/aromatic N) is 3. The van der Waals surface area contributed by atoms with Crippen LogP contribution in [0.1, 0.15) is 73.5 Å². The molecule has 2 aromatic rings. The molecule has 188 valence electrons. The van der Waals surface area contributed by atoms with Gasteiger partial charge < -0.3 is 15.2 Å². The summed E-state index contributed by atoms with van der Waals surface area (Å²) in [4.78, 5) is 2.52. The zero-order valence-electron chi connectivity index (χ0n) is 19.7. The Morgan fingerprint density at radius 2 is 1.77 bits per heavy atom. The van der Waals surface area contributed by atoms with Crippen molar-refractivity contribution < 1.29 is 23.0 Å². The first kappa shape index (κ1) is 23.0. The Bertz CT molecular complexity index is 1090. The summed E-state index contributed by atoms with van der Waals surface area (Å²) in [5.41, 5.74) is 2.22. The summed E-state index contributed by atoms with van der Waals surface area (Å²) in [6.07, 6.45) is 3.01. The van der Waals surface area contributed by atoms with Crippen molar-refractivity contribution in [2.75, 3.05) is 31.6 Å². The highest BCUT2D eigenvalue weighted by molar-refractivity contribution is 5.74. The molecule has 5 aliphatic rings. The third kappa shape index (κ3) is 4.27. The highest BCUT2D eigenvalue weighted by atomic mass is 19.4. The van der Waals surface area contributed by atoms with Crippen LogP contribution in [-0.2, 0) is 10.9 Å². The molecule has 2 aliphatic heterocycles. The number of piperidine rings is 1. The van der Waals surface area contributed by atoms with Crippen molar-refractivity contribution in [3.05, 3.63) is 34.9 Å². The van der Waals surface area contributed by atoms with Crippen LogP contribution in [0.2, 0.25) is 0 Å². The summed E-state index contributed by atoms with van der Waals surface area (Å²) >= 11 is 0. The molecule has 1 aromatic heterocycles. The average molecular weight is 489 g/mol. The molecule has 2 N–H and O–H groups in total. The van der Waals surface area contributed by atoms with Gasteiger partial charge in [0.15, 0.2) is 5.82 Å². The molecule has 2 saturated heterocycles. The van der Waals surface area contributed by atoms with E-state index in [0.717, 1.165) is 100 Å². The fourth-order valence-electron chi connectivity index (χ4n) is 6.63. The summed E-state index contributed by atoms with van der Waals surface area (Å²) in [6.45, 7) is 3.67. The maximum Gasteiger partial charge on any atom is 0.416 e. The lowest BCUT2D eigenvalue weighted by Gasteiger charge is -2.41. The fourth-order valence-corrected chi connectivity index (χ4v) is 6.63. The minimum absolute atomic E-state index is 0.272. The van der Waals surface area contributed by atoms with Gasteiger partial charge in [0.1, 0.15) is 11.4 Å². The predicted octanol–water partition coefficient (Wildman–Crippen LogP) is 5.29. The Kier molecular flexibility index (Phi) is 5.87. The number of ether oxygens (including phenoxy) is 1. The van der Waals surface area contributed by atoms with E-state index in [0.29, 0.717) is 29.1 Å². The second-order valence-electron chi connectivity index (χ2n) is 10.5. The molecule has 1 unspecified atom stereocenters. The van der Waals surface area contributed by atoms with Crippen molar-refractivity contribution in [1.82, 2.24) is 15.1 Å². The molecular weight excluding hydrogens is 457 g/mol. The summed E-state index contributed by atoms with van der Waals surface area (Å²) in [5.74, 6) is 1.08. The molecule has 3 heterocycles. The smallest absolute Gasteiger partial charge is 0.416 e. The second-order valence-corrected chi connectivity index (χ2v) is 10.5. The Labute approximate surface area is 202 Å². The lowest BCUT2D eigenvalue weighted by atomic mass is 9.66. The van der Waals surface area contributed by atoms with E-state index in [2.05, 4.69) is 20.4 Å². The molecule has 0 radical (unpaired) electrons. The molecule has 1 saturated carbocycles. The molecule has 2 atom stereocenters. The number of hydrogen-bond donors (Lipinski definition) is 2. The van der Waals surface area contributed by atoms with E-state index in [9.17, 15) is 18.3 Å². The molecule has 3 fully saturated rings. The number of fused-ring (bicyclic) bond motifs is 2. The first-order valence-electron chi connectivity index (χ1n) is 12.8. The highest BCUT2D eigenvalue weighted by Crippen LogP contribution is 2.54. The third-order valence-corrected chi connectivity index (χ3v) is 8.39. The van der Waals surface area contributed by atoms with Crippen LogP contribution < -0.4 is 5.32 Å². The molecule has 7 rings (SSSR count). The van der Waals surface area contributed by atoms with Crippen LogP contribution >= 0.6 is 0 Å². The fraction of sp³-hybridized carbons (Fsp3) is 0.615. The van der Waals surface area contributed by atoms with E-state index in [-0.39, 0.29) is 6.04 Å². The van der Waals surface area contributed by atoms with Gasteiger partial charge in [0, 0.05) is 36.4 Å². The third-order valence-electron chi connectivity index (χ3n) is 8.39. The largest absolute Gasteiger partial charge is 0.507 e. The molecule has 0 amide bonds. The van der Waals surface area contributed by atoms with Crippen LogP contribution in [0, 0.1) is 0 Å². The van der Waals surface area contributed by atoms with Crippen LogP contribution in [0.3, 0.4) is 0 Å². The molecule has 1 aromatic carbocycles. The first-order chi connectivity index (χ1) is 16.9. The second kappa shape index (κ2) is 8.92. The Morgan fingerprint density at radius 3 is 2.46 bits per heavy atom. The van der Waals surface area contributed by atoms with Crippen molar-refractivity contribution in [2.45, 2.75) is 75.0 Å². The summed E-state index contributed by atoms with van der Waals surface area (Å²) in [5, 5.41) is 23.3. The van der Waals surface area contributed by atoms with Gasteiger partial charge >= 0.3 is 6.18 Å². The van der Waals surface area contributed by atoms with Gasteiger partial charge in [-0.25, -0.2) is 0 Å². The van der Waals surface area contributed by atoms with Gasteiger partial charge in [-0.05, 0) is 87.1 Å². The van der Waals surface area contributed by atoms with Gasteiger partial charge in [-0.2, -0.15) is 13.2 Å². The summed E-state index contributed by atoms with van der Waals surface area (Å²) in [6, 6.07) is 3.90.